The van der Waals surface area contributed by atoms with Gasteiger partial charge in [0.15, 0.2) is 0 Å². The Morgan fingerprint density at radius 3 is 2.62 bits per heavy atom. The molecule has 3 aromatic rings. The van der Waals surface area contributed by atoms with Gasteiger partial charge in [0, 0.05) is 17.1 Å². The molecule has 2 heterocycles. The molecule has 0 amide bonds. The summed E-state index contributed by atoms with van der Waals surface area (Å²) in [7, 11) is 0. The number of anilines is 2. The molecule has 0 spiro atoms. The topological polar surface area (TPSA) is 46.9 Å². The van der Waals surface area contributed by atoms with Crippen LogP contribution in [0.1, 0.15) is 47.8 Å². The standard InChI is InChI=1S/C21H25N3OS/c1-4-9-24-20(25)18-16-7-5-6-8-17(16)26-19(18)23-21(24)22-15-11-13(2)10-14(3)12-15/h10-12H,4-9H2,1-3H3,(H,22,23). The molecule has 5 heteroatoms. The smallest absolute Gasteiger partial charge is 0.263 e. The number of nitrogens with one attached hydrogen (secondary N) is 1. The first-order chi connectivity index (χ1) is 12.6. The molecule has 2 aromatic heterocycles. The van der Waals surface area contributed by atoms with Crippen LogP contribution >= 0.6 is 11.3 Å². The minimum atomic E-state index is 0.114. The highest BCUT2D eigenvalue weighted by molar-refractivity contribution is 7.18. The molecule has 4 nitrogen and oxygen atoms in total. The number of benzene rings is 1. The zero-order valence-corrected chi connectivity index (χ0v) is 16.5. The number of aromatic nitrogens is 2. The lowest BCUT2D eigenvalue weighted by Crippen LogP contribution is -2.24. The Morgan fingerprint density at radius 2 is 1.88 bits per heavy atom. The molecule has 1 aliphatic rings. The van der Waals surface area contributed by atoms with Crippen LogP contribution in [0.4, 0.5) is 11.6 Å². The van der Waals surface area contributed by atoms with Gasteiger partial charge in [0.05, 0.1) is 5.39 Å². The molecule has 0 saturated heterocycles. The lowest BCUT2D eigenvalue weighted by atomic mass is 9.97. The van der Waals surface area contributed by atoms with Gasteiger partial charge >= 0.3 is 0 Å². The first-order valence-corrected chi connectivity index (χ1v) is 10.3. The molecule has 1 N–H and O–H groups in total. The highest BCUT2D eigenvalue weighted by Crippen LogP contribution is 2.34. The van der Waals surface area contributed by atoms with Crippen LogP contribution < -0.4 is 10.9 Å². The van der Waals surface area contributed by atoms with Crippen LogP contribution in [0.15, 0.2) is 23.0 Å². The SMILES string of the molecule is CCCn1c(Nc2cc(C)cc(C)c2)nc2sc3c(c2c1=O)CCCC3. The van der Waals surface area contributed by atoms with Gasteiger partial charge in [-0.2, -0.15) is 0 Å². The van der Waals surface area contributed by atoms with Crippen molar-refractivity contribution in [2.75, 3.05) is 5.32 Å². The number of hydrogen-bond acceptors (Lipinski definition) is 4. The monoisotopic (exact) mass is 367 g/mol. The number of rotatable bonds is 4. The van der Waals surface area contributed by atoms with E-state index in [1.54, 1.807) is 11.3 Å². The highest BCUT2D eigenvalue weighted by Gasteiger charge is 2.22. The Kier molecular flexibility index (Phi) is 4.57. The fourth-order valence-corrected chi connectivity index (χ4v) is 5.19. The Morgan fingerprint density at radius 1 is 1.15 bits per heavy atom. The predicted molar refractivity (Wildman–Crippen MR) is 110 cm³/mol. The Balaban J connectivity index is 1.88. The van der Waals surface area contributed by atoms with Gasteiger partial charge in [-0.3, -0.25) is 9.36 Å². The predicted octanol–water partition coefficient (Wildman–Crippen LogP) is 5.11. The van der Waals surface area contributed by atoms with Crippen molar-refractivity contribution in [2.24, 2.45) is 0 Å². The van der Waals surface area contributed by atoms with Gasteiger partial charge in [0.25, 0.3) is 5.56 Å². The van der Waals surface area contributed by atoms with Gasteiger partial charge in [-0.05, 0) is 74.8 Å². The van der Waals surface area contributed by atoms with Crippen molar-refractivity contribution in [3.05, 3.63) is 50.1 Å². The summed E-state index contributed by atoms with van der Waals surface area (Å²) in [5.74, 6) is 0.660. The molecular weight excluding hydrogens is 342 g/mol. The van der Waals surface area contributed by atoms with E-state index in [4.69, 9.17) is 4.98 Å². The molecule has 1 aromatic carbocycles. The van der Waals surface area contributed by atoms with E-state index < -0.39 is 0 Å². The maximum Gasteiger partial charge on any atom is 0.263 e. The highest BCUT2D eigenvalue weighted by atomic mass is 32.1. The number of aryl methyl sites for hydroxylation is 4. The van der Waals surface area contributed by atoms with Gasteiger partial charge in [-0.1, -0.05) is 13.0 Å². The van der Waals surface area contributed by atoms with E-state index in [9.17, 15) is 4.79 Å². The van der Waals surface area contributed by atoms with Gasteiger partial charge in [0.1, 0.15) is 4.83 Å². The summed E-state index contributed by atoms with van der Waals surface area (Å²) in [5.41, 5.74) is 4.76. The normalized spacial score (nSPS) is 13.8. The van der Waals surface area contributed by atoms with Crippen molar-refractivity contribution in [2.45, 2.75) is 59.4 Å². The second-order valence-electron chi connectivity index (χ2n) is 7.28. The Labute approximate surface area is 157 Å². The van der Waals surface area contributed by atoms with Gasteiger partial charge in [0.2, 0.25) is 5.95 Å². The van der Waals surface area contributed by atoms with Crippen LogP contribution in [0.25, 0.3) is 10.2 Å². The summed E-state index contributed by atoms with van der Waals surface area (Å²) >= 11 is 1.71. The molecule has 0 aliphatic heterocycles. The average molecular weight is 368 g/mol. The summed E-state index contributed by atoms with van der Waals surface area (Å²) in [6.07, 6.45) is 5.40. The van der Waals surface area contributed by atoms with E-state index in [1.807, 2.05) is 4.57 Å². The quantitative estimate of drug-likeness (QED) is 0.697. The third-order valence-electron chi connectivity index (χ3n) is 5.00. The fourth-order valence-electron chi connectivity index (χ4n) is 3.94. The lowest BCUT2D eigenvalue weighted by Gasteiger charge is -2.15. The Bertz CT molecular complexity index is 1010. The molecule has 0 saturated carbocycles. The summed E-state index contributed by atoms with van der Waals surface area (Å²) in [5, 5.41) is 4.28. The zero-order valence-electron chi connectivity index (χ0n) is 15.7. The van der Waals surface area contributed by atoms with Gasteiger partial charge in [-0.15, -0.1) is 11.3 Å². The molecule has 1 aliphatic carbocycles. The molecule has 0 radical (unpaired) electrons. The average Bonchev–Trinajstić information content (AvgIpc) is 2.95. The lowest BCUT2D eigenvalue weighted by molar-refractivity contribution is 0.655. The first kappa shape index (κ1) is 17.3. The Hall–Kier alpha value is -2.14. The first-order valence-electron chi connectivity index (χ1n) is 9.47. The van der Waals surface area contributed by atoms with Crippen molar-refractivity contribution in [1.82, 2.24) is 9.55 Å². The number of fused-ring (bicyclic) bond motifs is 3. The van der Waals surface area contributed by atoms with Crippen LogP contribution in [0, 0.1) is 13.8 Å². The van der Waals surface area contributed by atoms with Crippen LogP contribution in [0.2, 0.25) is 0 Å². The minimum absolute atomic E-state index is 0.114. The summed E-state index contributed by atoms with van der Waals surface area (Å²) in [6.45, 7) is 6.95. The molecule has 0 unspecified atom stereocenters. The molecule has 136 valence electrons. The summed E-state index contributed by atoms with van der Waals surface area (Å²) in [6, 6.07) is 6.34. The van der Waals surface area contributed by atoms with Crippen LogP contribution in [0.3, 0.4) is 0 Å². The van der Waals surface area contributed by atoms with Crippen molar-refractivity contribution >= 4 is 33.2 Å². The molecule has 26 heavy (non-hydrogen) atoms. The minimum Gasteiger partial charge on any atom is -0.325 e. The van der Waals surface area contributed by atoms with E-state index in [2.05, 4.69) is 44.3 Å². The third kappa shape index (κ3) is 3.05. The van der Waals surface area contributed by atoms with Crippen molar-refractivity contribution in [3.63, 3.8) is 0 Å². The maximum atomic E-state index is 13.3. The second-order valence-corrected chi connectivity index (χ2v) is 8.37. The maximum absolute atomic E-state index is 13.3. The number of thiophene rings is 1. The van der Waals surface area contributed by atoms with E-state index in [0.717, 1.165) is 35.2 Å². The summed E-state index contributed by atoms with van der Waals surface area (Å²) in [4.78, 5) is 20.4. The fraction of sp³-hybridized carbons (Fsp3) is 0.429. The van der Waals surface area contributed by atoms with E-state index >= 15 is 0 Å². The summed E-state index contributed by atoms with van der Waals surface area (Å²) < 4.78 is 1.82. The van der Waals surface area contributed by atoms with Gasteiger partial charge in [-0.25, -0.2) is 4.98 Å². The van der Waals surface area contributed by atoms with E-state index in [-0.39, 0.29) is 5.56 Å². The van der Waals surface area contributed by atoms with Crippen LogP contribution in [-0.4, -0.2) is 9.55 Å². The largest absolute Gasteiger partial charge is 0.325 e. The molecule has 4 rings (SSSR count). The van der Waals surface area contributed by atoms with Crippen LogP contribution in [0.5, 0.6) is 0 Å². The molecule has 0 bridgehead atoms. The zero-order chi connectivity index (χ0) is 18.3. The van der Waals surface area contributed by atoms with Gasteiger partial charge < -0.3 is 5.32 Å². The van der Waals surface area contributed by atoms with Crippen molar-refractivity contribution in [1.29, 1.82) is 0 Å². The second kappa shape index (κ2) is 6.88. The number of nitrogens with zero attached hydrogens (tertiary/aromatic N) is 2. The van der Waals surface area contributed by atoms with Crippen molar-refractivity contribution < 1.29 is 0 Å². The third-order valence-corrected chi connectivity index (χ3v) is 6.19. The van der Waals surface area contributed by atoms with E-state index in [1.165, 1.54) is 34.4 Å². The van der Waals surface area contributed by atoms with E-state index in [0.29, 0.717) is 12.5 Å². The molecular formula is C21H25N3OS. The molecule has 0 fully saturated rings. The van der Waals surface area contributed by atoms with Crippen molar-refractivity contribution in [3.8, 4) is 0 Å². The number of hydrogen-bond donors (Lipinski definition) is 1. The molecule has 0 atom stereocenters. The van der Waals surface area contributed by atoms with Crippen LogP contribution in [-0.2, 0) is 19.4 Å².